The van der Waals surface area contributed by atoms with E-state index in [9.17, 15) is 24.0 Å². The molecule has 1 aliphatic carbocycles. The first kappa shape index (κ1) is 33.2. The van der Waals surface area contributed by atoms with Gasteiger partial charge in [-0.05, 0) is 80.3 Å². The Labute approximate surface area is 297 Å². The van der Waals surface area contributed by atoms with E-state index in [2.05, 4.69) is 25.8 Å². The number of carbonyl (C=O) groups excluding carboxylic acids is 5. The lowest BCUT2D eigenvalue weighted by atomic mass is 9.88. The zero-order valence-electron chi connectivity index (χ0n) is 28.1. The number of benzene rings is 2. The van der Waals surface area contributed by atoms with Crippen molar-refractivity contribution in [3.8, 4) is 5.88 Å². The van der Waals surface area contributed by atoms with E-state index in [1.165, 1.54) is 6.07 Å². The third-order valence-electron chi connectivity index (χ3n) is 10.6. The molecular weight excluding hydrogens is 669 g/mol. The van der Waals surface area contributed by atoms with E-state index in [-0.39, 0.29) is 53.5 Å². The number of piperidine rings is 2. The molecule has 3 N–H and O–H groups in total. The Kier molecular flexibility index (Phi) is 8.73. The fraction of sp³-hybridized carbons (Fsp3) is 0.342. The van der Waals surface area contributed by atoms with Gasteiger partial charge in [-0.1, -0.05) is 18.2 Å². The molecule has 3 atom stereocenters. The van der Waals surface area contributed by atoms with Crippen molar-refractivity contribution in [3.05, 3.63) is 101 Å². The van der Waals surface area contributed by atoms with Gasteiger partial charge in [-0.25, -0.2) is 9.37 Å². The van der Waals surface area contributed by atoms with Gasteiger partial charge in [0.2, 0.25) is 17.7 Å². The van der Waals surface area contributed by atoms with E-state index >= 15 is 4.39 Å². The molecule has 3 aliphatic heterocycles. The number of rotatable bonds is 8. The Hall–Kier alpha value is -5.92. The number of ether oxygens (including phenoxy) is 1. The molecule has 5 amide bonds. The predicted octanol–water partition coefficient (Wildman–Crippen LogP) is 4.70. The van der Waals surface area contributed by atoms with Gasteiger partial charge in [0.1, 0.15) is 18.0 Å². The number of carbonyl (C=O) groups is 5. The summed E-state index contributed by atoms with van der Waals surface area (Å²) in [5.41, 5.74) is 2.71. The van der Waals surface area contributed by atoms with Crippen LogP contribution in [0.4, 0.5) is 15.9 Å². The molecule has 0 spiro atoms. The largest absolute Gasteiger partial charge is 0.474 e. The van der Waals surface area contributed by atoms with Gasteiger partial charge in [-0.3, -0.25) is 39.3 Å². The smallest absolute Gasteiger partial charge is 0.262 e. The molecule has 266 valence electrons. The second-order valence-electron chi connectivity index (χ2n) is 13.8. The summed E-state index contributed by atoms with van der Waals surface area (Å²) >= 11 is 0. The van der Waals surface area contributed by atoms with Crippen molar-refractivity contribution in [3.63, 3.8) is 0 Å². The molecule has 13 nitrogen and oxygen atoms in total. The Morgan fingerprint density at radius 3 is 2.38 bits per heavy atom. The highest BCUT2D eigenvalue weighted by atomic mass is 19.1. The monoisotopic (exact) mass is 705 g/mol. The molecule has 4 aliphatic rings. The number of fused-ring (bicyclic) bond motifs is 1. The second kappa shape index (κ2) is 13.7. The number of H-pyrrole nitrogens is 1. The van der Waals surface area contributed by atoms with Crippen LogP contribution in [0, 0.1) is 5.82 Å². The molecule has 1 unspecified atom stereocenters. The fourth-order valence-corrected chi connectivity index (χ4v) is 7.80. The number of halogens is 1. The lowest BCUT2D eigenvalue weighted by molar-refractivity contribution is -0.136. The van der Waals surface area contributed by atoms with Crippen LogP contribution in [-0.4, -0.2) is 74.9 Å². The molecule has 52 heavy (non-hydrogen) atoms. The molecule has 2 saturated heterocycles. The van der Waals surface area contributed by atoms with Crippen LogP contribution in [0.1, 0.15) is 99.1 Å². The zero-order valence-corrected chi connectivity index (χ0v) is 28.1. The Morgan fingerprint density at radius 2 is 1.65 bits per heavy atom. The van der Waals surface area contributed by atoms with Crippen molar-refractivity contribution >= 4 is 41.0 Å². The van der Waals surface area contributed by atoms with Crippen molar-refractivity contribution in [1.82, 2.24) is 25.4 Å². The van der Waals surface area contributed by atoms with Gasteiger partial charge in [-0.15, -0.1) is 0 Å². The van der Waals surface area contributed by atoms with Crippen LogP contribution in [-0.2, 0) is 9.59 Å². The van der Waals surface area contributed by atoms with Crippen molar-refractivity contribution in [2.45, 2.75) is 68.9 Å². The highest BCUT2D eigenvalue weighted by molar-refractivity contribution is 6.23. The first-order valence-corrected chi connectivity index (χ1v) is 17.6. The normalized spacial score (nSPS) is 22.1. The fourth-order valence-electron chi connectivity index (χ4n) is 7.80. The van der Waals surface area contributed by atoms with Gasteiger partial charge < -0.3 is 15.0 Å². The van der Waals surface area contributed by atoms with Gasteiger partial charge in [-0.2, -0.15) is 5.10 Å². The van der Waals surface area contributed by atoms with Crippen molar-refractivity contribution < 1.29 is 33.1 Å². The average Bonchev–Trinajstić information content (AvgIpc) is 3.87. The van der Waals surface area contributed by atoms with E-state index in [4.69, 9.17) is 4.74 Å². The number of aromatic amines is 1. The van der Waals surface area contributed by atoms with Crippen LogP contribution >= 0.6 is 0 Å². The minimum absolute atomic E-state index is 0.00658. The van der Waals surface area contributed by atoms with Gasteiger partial charge in [0.05, 0.1) is 16.8 Å². The number of nitrogens with zero attached hydrogens (tertiary/aromatic N) is 4. The summed E-state index contributed by atoms with van der Waals surface area (Å²) in [5.74, 6) is -1.96. The predicted molar refractivity (Wildman–Crippen MR) is 185 cm³/mol. The third kappa shape index (κ3) is 6.40. The first-order valence-electron chi connectivity index (χ1n) is 17.6. The van der Waals surface area contributed by atoms with Crippen LogP contribution in [0.25, 0.3) is 0 Å². The van der Waals surface area contributed by atoms with Crippen LogP contribution in [0.5, 0.6) is 5.88 Å². The highest BCUT2D eigenvalue weighted by Gasteiger charge is 2.45. The SMILES string of the molecule is O=C1CCC(N2C(=O)c3cc(F)c(N4CCC(c5ccc(C(=O)Nc6cc([C@H]7CC[C@@H](Oc8ccccn8)C7)[nH]n6)cc5)CC4)cc3C2=O)C(=O)N1. The van der Waals surface area contributed by atoms with E-state index in [1.807, 2.05) is 41.3 Å². The van der Waals surface area contributed by atoms with E-state index in [0.29, 0.717) is 43.2 Å². The summed E-state index contributed by atoms with van der Waals surface area (Å²) in [5, 5.41) is 12.4. The lowest BCUT2D eigenvalue weighted by Gasteiger charge is -2.34. The molecule has 14 heteroatoms. The van der Waals surface area contributed by atoms with Crippen LogP contribution in [0.15, 0.2) is 66.9 Å². The van der Waals surface area contributed by atoms with Crippen LogP contribution < -0.4 is 20.3 Å². The molecular formula is C38H36FN7O6. The number of amides is 5. The van der Waals surface area contributed by atoms with E-state index in [0.717, 1.165) is 41.5 Å². The number of imide groups is 2. The summed E-state index contributed by atoms with van der Waals surface area (Å²) in [6.07, 6.45) is 5.93. The maximum atomic E-state index is 15.4. The molecule has 0 radical (unpaired) electrons. The van der Waals surface area contributed by atoms with E-state index < -0.39 is 35.5 Å². The van der Waals surface area contributed by atoms with Gasteiger partial charge in [0.15, 0.2) is 5.82 Å². The standard InChI is InChI=1S/C38H36FN7O6/c39-28-18-26-27(38(51)46(37(26)50)30-10-11-33(47)42-36(30)49)19-31(28)45-15-12-22(13-16-45)21-4-6-23(7-5-21)35(48)41-32-20-29(43-44-32)24-8-9-25(17-24)52-34-3-1-2-14-40-34/h1-7,14,18-20,22,24-25,30H,8-13,15-17H2,(H,42,47,49)(H2,41,43,44,48)/t24-,25+,30?/m0/s1. The van der Waals surface area contributed by atoms with Gasteiger partial charge in [0, 0.05) is 55.0 Å². The number of hydrogen-bond donors (Lipinski definition) is 3. The lowest BCUT2D eigenvalue weighted by Crippen LogP contribution is -2.54. The molecule has 4 aromatic rings. The molecule has 2 aromatic heterocycles. The molecule has 0 bridgehead atoms. The molecule has 8 rings (SSSR count). The number of nitrogens with one attached hydrogen (secondary N) is 3. The summed E-state index contributed by atoms with van der Waals surface area (Å²) in [6, 6.07) is 16.3. The molecule has 3 fully saturated rings. The number of anilines is 2. The molecule has 2 aromatic carbocycles. The number of hydrogen-bond acceptors (Lipinski definition) is 9. The Morgan fingerprint density at radius 1 is 0.885 bits per heavy atom. The summed E-state index contributed by atoms with van der Waals surface area (Å²) in [4.78, 5) is 70.3. The Balaban J connectivity index is 0.852. The molecule has 1 saturated carbocycles. The average molecular weight is 706 g/mol. The van der Waals surface area contributed by atoms with Crippen molar-refractivity contribution in [1.29, 1.82) is 0 Å². The summed E-state index contributed by atoms with van der Waals surface area (Å²) in [6.45, 7) is 1.03. The van der Waals surface area contributed by atoms with Crippen LogP contribution in [0.3, 0.4) is 0 Å². The van der Waals surface area contributed by atoms with Crippen molar-refractivity contribution in [2.75, 3.05) is 23.3 Å². The maximum Gasteiger partial charge on any atom is 0.262 e. The Bertz CT molecular complexity index is 2060. The zero-order chi connectivity index (χ0) is 35.9. The van der Waals surface area contributed by atoms with Gasteiger partial charge in [0.25, 0.3) is 17.7 Å². The van der Waals surface area contributed by atoms with Crippen LogP contribution in [0.2, 0.25) is 0 Å². The quantitative estimate of drug-likeness (QED) is 0.220. The highest BCUT2D eigenvalue weighted by Crippen LogP contribution is 2.37. The van der Waals surface area contributed by atoms with Crippen molar-refractivity contribution in [2.24, 2.45) is 0 Å². The summed E-state index contributed by atoms with van der Waals surface area (Å²) < 4.78 is 21.4. The second-order valence-corrected chi connectivity index (χ2v) is 13.8. The topological polar surface area (TPSA) is 167 Å². The minimum atomic E-state index is -1.11. The maximum absolute atomic E-state index is 15.4. The summed E-state index contributed by atoms with van der Waals surface area (Å²) in [7, 11) is 0. The third-order valence-corrected chi connectivity index (χ3v) is 10.6. The molecule has 5 heterocycles. The first-order chi connectivity index (χ1) is 25.2. The number of pyridine rings is 1. The minimum Gasteiger partial charge on any atom is -0.474 e. The van der Waals surface area contributed by atoms with E-state index in [1.54, 1.807) is 18.3 Å². The number of aromatic nitrogens is 3. The van der Waals surface area contributed by atoms with Gasteiger partial charge >= 0.3 is 0 Å².